The monoisotopic (exact) mass is 202 g/mol. The molecule has 1 rings (SSSR count). The Balaban J connectivity index is 2.82. The third-order valence-electron chi connectivity index (χ3n) is 1.58. The molecule has 0 bridgehead atoms. The predicted octanol–water partition coefficient (Wildman–Crippen LogP) is 1.25. The molecule has 0 fully saturated rings. The summed E-state index contributed by atoms with van der Waals surface area (Å²) < 4.78 is 15.9. The van der Waals surface area contributed by atoms with Crippen LogP contribution in [0.15, 0.2) is 16.7 Å². The van der Waals surface area contributed by atoms with Gasteiger partial charge in [0.25, 0.3) is 0 Å². The molecule has 13 heavy (non-hydrogen) atoms. The maximum atomic E-state index is 11.1. The van der Waals surface area contributed by atoms with Gasteiger partial charge in [0.1, 0.15) is 0 Å². The van der Waals surface area contributed by atoms with E-state index < -0.39 is 16.8 Å². The standard InChI is InChI=1S/C8H10O4S/c1-2-13(11)5-6-3-4-12-7(6)8(9)10/h3-4H,2,5H2,1H3,(H,9,10). The summed E-state index contributed by atoms with van der Waals surface area (Å²) in [6.07, 6.45) is 1.30. The van der Waals surface area contributed by atoms with Crippen LogP contribution in [0.3, 0.4) is 0 Å². The highest BCUT2D eigenvalue weighted by atomic mass is 32.2. The lowest BCUT2D eigenvalue weighted by atomic mass is 10.3. The van der Waals surface area contributed by atoms with Gasteiger partial charge in [0.2, 0.25) is 5.76 Å². The number of hydrogen-bond donors (Lipinski definition) is 1. The first-order valence-corrected chi connectivity index (χ1v) is 5.28. The number of furan rings is 1. The van der Waals surface area contributed by atoms with Crippen molar-refractivity contribution < 1.29 is 18.5 Å². The van der Waals surface area contributed by atoms with Crippen molar-refractivity contribution in [3.05, 3.63) is 23.7 Å². The van der Waals surface area contributed by atoms with Crippen molar-refractivity contribution in [3.63, 3.8) is 0 Å². The van der Waals surface area contributed by atoms with Crippen LogP contribution in [0.2, 0.25) is 0 Å². The van der Waals surface area contributed by atoms with Crippen molar-refractivity contribution in [2.24, 2.45) is 0 Å². The van der Waals surface area contributed by atoms with Gasteiger partial charge in [-0.05, 0) is 6.07 Å². The second-order valence-corrected chi connectivity index (χ2v) is 4.20. The fourth-order valence-electron chi connectivity index (χ4n) is 0.912. The number of carbonyl (C=O) groups is 1. The van der Waals surface area contributed by atoms with E-state index in [0.29, 0.717) is 11.3 Å². The third-order valence-corrected chi connectivity index (χ3v) is 2.86. The fourth-order valence-corrected chi connectivity index (χ4v) is 1.69. The Morgan fingerprint density at radius 2 is 2.38 bits per heavy atom. The molecule has 0 saturated heterocycles. The molecule has 72 valence electrons. The summed E-state index contributed by atoms with van der Waals surface area (Å²) in [7, 11) is -1.01. The summed E-state index contributed by atoms with van der Waals surface area (Å²) in [5, 5.41) is 8.65. The van der Waals surface area contributed by atoms with E-state index in [1.807, 2.05) is 0 Å². The van der Waals surface area contributed by atoms with Gasteiger partial charge in [-0.3, -0.25) is 4.21 Å². The van der Waals surface area contributed by atoms with Crippen LogP contribution in [0.4, 0.5) is 0 Å². The highest BCUT2D eigenvalue weighted by molar-refractivity contribution is 7.84. The van der Waals surface area contributed by atoms with Gasteiger partial charge in [-0.15, -0.1) is 0 Å². The molecular weight excluding hydrogens is 192 g/mol. The van der Waals surface area contributed by atoms with E-state index in [0.717, 1.165) is 0 Å². The van der Waals surface area contributed by atoms with Gasteiger partial charge < -0.3 is 9.52 Å². The zero-order chi connectivity index (χ0) is 9.84. The van der Waals surface area contributed by atoms with Crippen molar-refractivity contribution in [3.8, 4) is 0 Å². The Hall–Kier alpha value is -1.10. The number of rotatable bonds is 4. The van der Waals surface area contributed by atoms with Gasteiger partial charge in [-0.1, -0.05) is 6.92 Å². The molecule has 1 aromatic rings. The van der Waals surface area contributed by atoms with Crippen molar-refractivity contribution in [2.45, 2.75) is 12.7 Å². The molecule has 1 atom stereocenters. The molecule has 0 saturated carbocycles. The molecule has 1 heterocycles. The second kappa shape index (κ2) is 4.23. The summed E-state index contributed by atoms with van der Waals surface area (Å²) in [6.45, 7) is 1.79. The average Bonchev–Trinajstić information content (AvgIpc) is 2.52. The summed E-state index contributed by atoms with van der Waals surface area (Å²) >= 11 is 0. The van der Waals surface area contributed by atoms with Crippen LogP contribution in [0, 0.1) is 0 Å². The number of hydrogen-bond acceptors (Lipinski definition) is 3. The van der Waals surface area contributed by atoms with Crippen LogP contribution in [0.1, 0.15) is 23.0 Å². The quantitative estimate of drug-likeness (QED) is 0.797. The molecule has 0 aliphatic heterocycles. The first-order chi connectivity index (χ1) is 6.15. The molecule has 0 amide bonds. The zero-order valence-corrected chi connectivity index (χ0v) is 7.97. The van der Waals surface area contributed by atoms with Gasteiger partial charge in [0.05, 0.1) is 12.0 Å². The number of carboxylic acids is 1. The van der Waals surface area contributed by atoms with E-state index in [-0.39, 0.29) is 11.5 Å². The fraction of sp³-hybridized carbons (Fsp3) is 0.375. The van der Waals surface area contributed by atoms with E-state index in [2.05, 4.69) is 0 Å². The maximum Gasteiger partial charge on any atom is 0.372 e. The lowest BCUT2D eigenvalue weighted by Crippen LogP contribution is -2.03. The van der Waals surface area contributed by atoms with Crippen molar-refractivity contribution in [2.75, 3.05) is 5.75 Å². The van der Waals surface area contributed by atoms with E-state index in [1.165, 1.54) is 12.3 Å². The largest absolute Gasteiger partial charge is 0.475 e. The number of carboxylic acid groups (broad SMARTS) is 1. The van der Waals surface area contributed by atoms with Crippen LogP contribution >= 0.6 is 0 Å². The van der Waals surface area contributed by atoms with E-state index in [4.69, 9.17) is 9.52 Å². The highest BCUT2D eigenvalue weighted by Gasteiger charge is 2.14. The Morgan fingerprint density at radius 1 is 1.69 bits per heavy atom. The van der Waals surface area contributed by atoms with Gasteiger partial charge in [-0.25, -0.2) is 4.79 Å². The van der Waals surface area contributed by atoms with Crippen LogP contribution in [-0.2, 0) is 16.6 Å². The molecule has 4 nitrogen and oxygen atoms in total. The van der Waals surface area contributed by atoms with Gasteiger partial charge >= 0.3 is 5.97 Å². The Bertz CT molecular complexity index is 329. The van der Waals surface area contributed by atoms with Crippen molar-refractivity contribution in [1.82, 2.24) is 0 Å². The highest BCUT2D eigenvalue weighted by Crippen LogP contribution is 2.12. The van der Waals surface area contributed by atoms with Crippen LogP contribution in [0.25, 0.3) is 0 Å². The van der Waals surface area contributed by atoms with Crippen molar-refractivity contribution >= 4 is 16.8 Å². The topological polar surface area (TPSA) is 67.5 Å². The minimum absolute atomic E-state index is 0.109. The van der Waals surface area contributed by atoms with E-state index in [9.17, 15) is 9.00 Å². The number of aromatic carboxylic acids is 1. The molecule has 1 aromatic heterocycles. The van der Waals surface area contributed by atoms with E-state index in [1.54, 1.807) is 6.92 Å². The van der Waals surface area contributed by atoms with Gasteiger partial charge in [-0.2, -0.15) is 0 Å². The van der Waals surface area contributed by atoms with Crippen molar-refractivity contribution in [1.29, 1.82) is 0 Å². The minimum Gasteiger partial charge on any atom is -0.475 e. The van der Waals surface area contributed by atoms with Crippen LogP contribution < -0.4 is 0 Å². The Morgan fingerprint density at radius 3 is 2.92 bits per heavy atom. The molecule has 5 heteroatoms. The summed E-state index contributed by atoms with van der Waals surface area (Å²) in [4.78, 5) is 10.6. The molecule has 0 aliphatic carbocycles. The first kappa shape index (κ1) is 9.98. The molecule has 0 aromatic carbocycles. The molecule has 0 spiro atoms. The van der Waals surface area contributed by atoms with Gasteiger partial charge in [0.15, 0.2) is 0 Å². The normalized spacial score (nSPS) is 12.7. The summed E-state index contributed by atoms with van der Waals surface area (Å²) in [6, 6.07) is 1.54. The smallest absolute Gasteiger partial charge is 0.372 e. The summed E-state index contributed by atoms with van der Waals surface area (Å²) in [5.41, 5.74) is 0.493. The molecule has 1 N–H and O–H groups in total. The van der Waals surface area contributed by atoms with E-state index >= 15 is 0 Å². The summed E-state index contributed by atoms with van der Waals surface area (Å²) in [5.74, 6) is -0.464. The second-order valence-electron chi connectivity index (χ2n) is 2.45. The SMILES string of the molecule is CCS(=O)Cc1ccoc1C(=O)O. The minimum atomic E-state index is -1.12. The molecule has 0 aliphatic rings. The molecule has 1 unspecified atom stereocenters. The first-order valence-electron chi connectivity index (χ1n) is 3.79. The van der Waals surface area contributed by atoms with Gasteiger partial charge in [0, 0.05) is 22.1 Å². The van der Waals surface area contributed by atoms with Crippen LogP contribution in [-0.4, -0.2) is 21.0 Å². The zero-order valence-electron chi connectivity index (χ0n) is 7.15. The van der Waals surface area contributed by atoms with Crippen LogP contribution in [0.5, 0.6) is 0 Å². The predicted molar refractivity (Wildman–Crippen MR) is 48.1 cm³/mol. The Kier molecular flexibility index (Phi) is 3.25. The lowest BCUT2D eigenvalue weighted by molar-refractivity contribution is 0.0661. The molecular formula is C8H10O4S. The lowest BCUT2D eigenvalue weighted by Gasteiger charge is -1.96. The average molecular weight is 202 g/mol. The maximum absolute atomic E-state index is 11.1. The third kappa shape index (κ3) is 2.42. The Labute approximate surface area is 78.0 Å². The molecule has 0 radical (unpaired) electrons.